The highest BCUT2D eigenvalue weighted by molar-refractivity contribution is 5.82. The Bertz CT molecular complexity index is 464. The van der Waals surface area contributed by atoms with Crippen LogP contribution in [-0.2, 0) is 0 Å². The quantitative estimate of drug-likeness (QED) is 0.622. The lowest BCUT2D eigenvalue weighted by molar-refractivity contribution is 0.249. The molecule has 1 rings (SSSR count). The standard InChI is InChI=1S/C11H13F2N3O2/c1-2-3-18-9-5-7(4-8(12)10(9)13)6-15-16-11(14)17/h4-6H,2-3H2,1H3,(H3,14,16,17). The molecule has 0 aliphatic carbocycles. The summed E-state index contributed by atoms with van der Waals surface area (Å²) in [6.07, 6.45) is 1.80. The average molecular weight is 257 g/mol. The van der Waals surface area contributed by atoms with Gasteiger partial charge in [0, 0.05) is 5.56 Å². The average Bonchev–Trinajstić information content (AvgIpc) is 2.31. The van der Waals surface area contributed by atoms with Gasteiger partial charge in [0.15, 0.2) is 11.6 Å². The number of halogens is 2. The molecule has 98 valence electrons. The van der Waals surface area contributed by atoms with Crippen LogP contribution < -0.4 is 15.9 Å². The molecule has 18 heavy (non-hydrogen) atoms. The van der Waals surface area contributed by atoms with E-state index in [1.54, 1.807) is 0 Å². The normalized spacial score (nSPS) is 10.6. The van der Waals surface area contributed by atoms with Crippen molar-refractivity contribution in [1.82, 2.24) is 5.43 Å². The summed E-state index contributed by atoms with van der Waals surface area (Å²) in [5.74, 6) is -2.30. The first-order valence-corrected chi connectivity index (χ1v) is 5.25. The monoisotopic (exact) mass is 257 g/mol. The fraction of sp³-hybridized carbons (Fsp3) is 0.273. The van der Waals surface area contributed by atoms with Crippen LogP contribution in [0.15, 0.2) is 17.2 Å². The van der Waals surface area contributed by atoms with Crippen molar-refractivity contribution in [1.29, 1.82) is 0 Å². The van der Waals surface area contributed by atoms with Crippen LogP contribution in [0.5, 0.6) is 5.75 Å². The summed E-state index contributed by atoms with van der Waals surface area (Å²) in [5, 5.41) is 3.44. The van der Waals surface area contributed by atoms with Crippen molar-refractivity contribution in [3.05, 3.63) is 29.3 Å². The number of nitrogens with zero attached hydrogens (tertiary/aromatic N) is 1. The SMILES string of the molecule is CCCOc1cc(C=NNC(N)=O)cc(F)c1F. The van der Waals surface area contributed by atoms with E-state index in [1.807, 2.05) is 12.3 Å². The molecule has 1 aromatic carbocycles. The topological polar surface area (TPSA) is 76.7 Å². The Morgan fingerprint density at radius 1 is 1.56 bits per heavy atom. The Labute approximate surface area is 103 Å². The zero-order valence-corrected chi connectivity index (χ0v) is 9.74. The molecule has 0 unspecified atom stereocenters. The summed E-state index contributed by atoms with van der Waals surface area (Å²) < 4.78 is 31.6. The number of amides is 2. The molecule has 1 aromatic rings. The second-order valence-corrected chi connectivity index (χ2v) is 3.40. The number of benzene rings is 1. The van der Waals surface area contributed by atoms with Crippen molar-refractivity contribution in [3.63, 3.8) is 0 Å². The first kappa shape index (κ1) is 13.9. The van der Waals surface area contributed by atoms with Gasteiger partial charge < -0.3 is 10.5 Å². The highest BCUT2D eigenvalue weighted by Crippen LogP contribution is 2.21. The highest BCUT2D eigenvalue weighted by Gasteiger charge is 2.11. The number of hydrazone groups is 1. The van der Waals surface area contributed by atoms with Crippen LogP contribution in [0.2, 0.25) is 0 Å². The number of hydrogen-bond acceptors (Lipinski definition) is 3. The summed E-state index contributed by atoms with van der Waals surface area (Å²) in [7, 11) is 0. The molecule has 0 aliphatic heterocycles. The van der Waals surface area contributed by atoms with E-state index in [0.29, 0.717) is 6.42 Å². The Balaban J connectivity index is 2.89. The number of urea groups is 1. The maximum Gasteiger partial charge on any atom is 0.332 e. The van der Waals surface area contributed by atoms with Crippen LogP contribution in [0.3, 0.4) is 0 Å². The molecule has 5 nitrogen and oxygen atoms in total. The van der Waals surface area contributed by atoms with Crippen molar-refractivity contribution in [2.75, 3.05) is 6.61 Å². The van der Waals surface area contributed by atoms with Gasteiger partial charge in [-0.3, -0.25) is 0 Å². The Kier molecular flexibility index (Phi) is 5.04. The number of ether oxygens (including phenoxy) is 1. The van der Waals surface area contributed by atoms with Crippen LogP contribution in [0.1, 0.15) is 18.9 Å². The van der Waals surface area contributed by atoms with Gasteiger partial charge in [-0.25, -0.2) is 14.6 Å². The lowest BCUT2D eigenvalue weighted by atomic mass is 10.2. The number of rotatable bonds is 5. The number of nitrogens with one attached hydrogen (secondary N) is 1. The number of carbonyl (C=O) groups excluding carboxylic acids is 1. The predicted octanol–water partition coefficient (Wildman–Crippen LogP) is 1.76. The molecule has 0 aliphatic rings. The minimum absolute atomic E-state index is 0.197. The van der Waals surface area contributed by atoms with Gasteiger partial charge in [-0.05, 0) is 18.6 Å². The van der Waals surface area contributed by atoms with E-state index in [-0.39, 0.29) is 17.9 Å². The van der Waals surface area contributed by atoms with Gasteiger partial charge in [0.05, 0.1) is 12.8 Å². The van der Waals surface area contributed by atoms with Gasteiger partial charge in [0.25, 0.3) is 0 Å². The van der Waals surface area contributed by atoms with Gasteiger partial charge in [-0.2, -0.15) is 9.49 Å². The molecular formula is C11H13F2N3O2. The van der Waals surface area contributed by atoms with Gasteiger partial charge in [-0.1, -0.05) is 6.92 Å². The molecular weight excluding hydrogens is 244 g/mol. The van der Waals surface area contributed by atoms with Crippen molar-refractivity contribution in [2.24, 2.45) is 10.8 Å². The van der Waals surface area contributed by atoms with Crippen molar-refractivity contribution < 1.29 is 18.3 Å². The van der Waals surface area contributed by atoms with E-state index in [4.69, 9.17) is 10.5 Å². The van der Waals surface area contributed by atoms with E-state index in [2.05, 4.69) is 5.10 Å². The van der Waals surface area contributed by atoms with E-state index in [0.717, 1.165) is 12.3 Å². The maximum absolute atomic E-state index is 13.3. The first-order chi connectivity index (χ1) is 8.54. The number of carbonyl (C=O) groups is 1. The molecule has 0 bridgehead atoms. The van der Waals surface area contributed by atoms with Crippen molar-refractivity contribution in [2.45, 2.75) is 13.3 Å². The molecule has 0 fully saturated rings. The third-order valence-corrected chi connectivity index (χ3v) is 1.87. The van der Waals surface area contributed by atoms with E-state index >= 15 is 0 Å². The number of primary amides is 1. The molecule has 0 atom stereocenters. The fourth-order valence-electron chi connectivity index (χ4n) is 1.15. The highest BCUT2D eigenvalue weighted by atomic mass is 19.2. The molecule has 3 N–H and O–H groups in total. The molecule has 7 heteroatoms. The molecule has 0 heterocycles. The second kappa shape index (κ2) is 6.53. The first-order valence-electron chi connectivity index (χ1n) is 5.25. The molecule has 0 saturated carbocycles. The van der Waals surface area contributed by atoms with Crippen LogP contribution in [-0.4, -0.2) is 18.9 Å². The zero-order valence-electron chi connectivity index (χ0n) is 9.74. The summed E-state index contributed by atoms with van der Waals surface area (Å²) >= 11 is 0. The van der Waals surface area contributed by atoms with Crippen molar-refractivity contribution >= 4 is 12.2 Å². The van der Waals surface area contributed by atoms with Crippen LogP contribution in [0, 0.1) is 11.6 Å². The maximum atomic E-state index is 13.3. The molecule has 2 amide bonds. The third-order valence-electron chi connectivity index (χ3n) is 1.87. The second-order valence-electron chi connectivity index (χ2n) is 3.40. The minimum atomic E-state index is -1.05. The number of hydrogen-bond donors (Lipinski definition) is 2. The van der Waals surface area contributed by atoms with Gasteiger partial charge in [0.1, 0.15) is 0 Å². The summed E-state index contributed by atoms with van der Waals surface area (Å²) in [5.41, 5.74) is 6.97. The van der Waals surface area contributed by atoms with E-state index in [9.17, 15) is 13.6 Å². The number of nitrogens with two attached hydrogens (primary N) is 1. The van der Waals surface area contributed by atoms with E-state index in [1.165, 1.54) is 6.07 Å². The van der Waals surface area contributed by atoms with Crippen molar-refractivity contribution in [3.8, 4) is 5.75 Å². The predicted molar refractivity (Wildman–Crippen MR) is 62.5 cm³/mol. The zero-order chi connectivity index (χ0) is 13.5. The van der Waals surface area contributed by atoms with Crippen LogP contribution in [0.4, 0.5) is 13.6 Å². The molecule has 0 aromatic heterocycles. The minimum Gasteiger partial charge on any atom is -0.490 e. The lowest BCUT2D eigenvalue weighted by Crippen LogP contribution is -2.24. The summed E-state index contributed by atoms with van der Waals surface area (Å²) in [6, 6.07) is 1.36. The van der Waals surface area contributed by atoms with Crippen LogP contribution >= 0.6 is 0 Å². The summed E-state index contributed by atoms with van der Waals surface area (Å²) in [4.78, 5) is 10.4. The largest absolute Gasteiger partial charge is 0.490 e. The Morgan fingerprint density at radius 3 is 2.89 bits per heavy atom. The van der Waals surface area contributed by atoms with Gasteiger partial charge in [0.2, 0.25) is 5.82 Å². The summed E-state index contributed by atoms with van der Waals surface area (Å²) in [6.45, 7) is 2.12. The molecule has 0 saturated heterocycles. The Morgan fingerprint density at radius 2 is 2.28 bits per heavy atom. The molecule has 0 spiro atoms. The van der Waals surface area contributed by atoms with Gasteiger partial charge in [-0.15, -0.1) is 0 Å². The van der Waals surface area contributed by atoms with Gasteiger partial charge >= 0.3 is 6.03 Å². The smallest absolute Gasteiger partial charge is 0.332 e. The van der Waals surface area contributed by atoms with E-state index < -0.39 is 17.7 Å². The fourth-order valence-corrected chi connectivity index (χ4v) is 1.15. The molecule has 0 radical (unpaired) electrons. The Hall–Kier alpha value is -2.18. The lowest BCUT2D eigenvalue weighted by Gasteiger charge is -2.07. The van der Waals surface area contributed by atoms with Crippen LogP contribution in [0.25, 0.3) is 0 Å². The third kappa shape index (κ3) is 4.00.